The van der Waals surface area contributed by atoms with Crippen LogP contribution in [-0.4, -0.2) is 68.1 Å². The third kappa shape index (κ3) is 12.1. The molecule has 27 heavy (non-hydrogen) atoms. The SMILES string of the molecule is CCCCCCCCCCCC(=O)OC(CN1CCCC1=O)C[N+](C)(C)C. The second-order valence-corrected chi connectivity index (χ2v) is 9.11. The number of likely N-dealkylation sites (N-methyl/N-ethyl adjacent to an activating group) is 1. The number of carbonyl (C=O) groups excluding carboxylic acids is 2. The molecular formula is C22H43N2O3+. The quantitative estimate of drug-likeness (QED) is 0.242. The van der Waals surface area contributed by atoms with E-state index in [0.29, 0.717) is 19.4 Å². The van der Waals surface area contributed by atoms with Gasteiger partial charge in [-0.3, -0.25) is 9.59 Å². The fourth-order valence-electron chi connectivity index (χ4n) is 3.71. The standard InChI is InChI=1S/C22H43N2O3/c1-5-6-7-8-9-10-11-12-13-16-22(26)27-20(19-24(2,3)4)18-23-17-14-15-21(23)25/h20H,5-19H2,1-4H3/q+1. The summed E-state index contributed by atoms with van der Waals surface area (Å²) in [6.07, 6.45) is 13.0. The molecule has 1 atom stereocenters. The van der Waals surface area contributed by atoms with Crippen molar-refractivity contribution >= 4 is 11.9 Å². The summed E-state index contributed by atoms with van der Waals surface area (Å²) in [6.45, 7) is 4.31. The number of carbonyl (C=O) groups is 2. The fraction of sp³-hybridized carbons (Fsp3) is 0.909. The Morgan fingerprint density at radius 1 is 1.04 bits per heavy atom. The third-order valence-corrected chi connectivity index (χ3v) is 5.13. The molecule has 1 fully saturated rings. The number of quaternary nitrogens is 1. The summed E-state index contributed by atoms with van der Waals surface area (Å²) < 4.78 is 6.48. The molecular weight excluding hydrogens is 340 g/mol. The topological polar surface area (TPSA) is 46.6 Å². The van der Waals surface area contributed by atoms with Crippen LogP contribution in [0.3, 0.4) is 0 Å². The molecule has 0 aliphatic carbocycles. The maximum absolute atomic E-state index is 12.3. The molecule has 0 saturated carbocycles. The Kier molecular flexibility index (Phi) is 11.7. The molecule has 0 spiro atoms. The molecule has 0 aromatic carbocycles. The molecule has 5 heteroatoms. The van der Waals surface area contributed by atoms with Gasteiger partial charge in [-0.25, -0.2) is 0 Å². The molecule has 1 aliphatic heterocycles. The van der Waals surface area contributed by atoms with Crippen LogP contribution in [0.2, 0.25) is 0 Å². The number of nitrogens with zero attached hydrogens (tertiary/aromatic N) is 2. The van der Waals surface area contributed by atoms with Gasteiger partial charge >= 0.3 is 5.97 Å². The predicted octanol–water partition coefficient (Wildman–Crippen LogP) is 4.15. The van der Waals surface area contributed by atoms with E-state index in [1.165, 1.54) is 44.9 Å². The maximum Gasteiger partial charge on any atom is 0.306 e. The number of esters is 1. The van der Waals surface area contributed by atoms with Crippen molar-refractivity contribution in [1.82, 2.24) is 4.90 Å². The van der Waals surface area contributed by atoms with Crippen LogP contribution in [0.5, 0.6) is 0 Å². The molecule has 1 heterocycles. The molecule has 0 bridgehead atoms. The van der Waals surface area contributed by atoms with Crippen LogP contribution in [-0.2, 0) is 14.3 Å². The first-order chi connectivity index (χ1) is 12.8. The van der Waals surface area contributed by atoms with E-state index in [9.17, 15) is 9.59 Å². The number of amides is 1. The molecule has 0 aromatic rings. The van der Waals surface area contributed by atoms with E-state index in [1.54, 1.807) is 0 Å². The summed E-state index contributed by atoms with van der Waals surface area (Å²) in [5, 5.41) is 0. The highest BCUT2D eigenvalue weighted by Crippen LogP contribution is 2.14. The van der Waals surface area contributed by atoms with Crippen molar-refractivity contribution in [3.05, 3.63) is 0 Å². The highest BCUT2D eigenvalue weighted by molar-refractivity contribution is 5.78. The third-order valence-electron chi connectivity index (χ3n) is 5.13. The van der Waals surface area contributed by atoms with Gasteiger partial charge in [0, 0.05) is 19.4 Å². The van der Waals surface area contributed by atoms with E-state index in [4.69, 9.17) is 4.74 Å². The van der Waals surface area contributed by atoms with Crippen LogP contribution < -0.4 is 0 Å². The van der Waals surface area contributed by atoms with Crippen molar-refractivity contribution in [3.63, 3.8) is 0 Å². The van der Waals surface area contributed by atoms with Gasteiger partial charge in [0.1, 0.15) is 6.54 Å². The molecule has 158 valence electrons. The fourth-order valence-corrected chi connectivity index (χ4v) is 3.71. The van der Waals surface area contributed by atoms with Crippen LogP contribution in [0, 0.1) is 0 Å². The summed E-state index contributed by atoms with van der Waals surface area (Å²) in [4.78, 5) is 26.0. The first-order valence-electron chi connectivity index (χ1n) is 11.1. The Morgan fingerprint density at radius 3 is 2.15 bits per heavy atom. The zero-order valence-corrected chi connectivity index (χ0v) is 18.3. The molecule has 5 nitrogen and oxygen atoms in total. The first kappa shape index (κ1) is 23.9. The van der Waals surface area contributed by atoms with E-state index < -0.39 is 0 Å². The lowest BCUT2D eigenvalue weighted by atomic mass is 10.1. The molecule has 0 aromatic heterocycles. The van der Waals surface area contributed by atoms with Crippen molar-refractivity contribution in [2.24, 2.45) is 0 Å². The zero-order chi connectivity index (χ0) is 20.1. The van der Waals surface area contributed by atoms with Gasteiger partial charge in [0.25, 0.3) is 0 Å². The Bertz CT molecular complexity index is 432. The van der Waals surface area contributed by atoms with E-state index in [1.807, 2.05) is 4.90 Å². The number of hydrogen-bond donors (Lipinski definition) is 0. The number of ether oxygens (including phenoxy) is 1. The van der Waals surface area contributed by atoms with Gasteiger partial charge in [0.05, 0.1) is 27.7 Å². The Balaban J connectivity index is 2.23. The normalized spacial score (nSPS) is 16.0. The van der Waals surface area contributed by atoms with Crippen molar-refractivity contribution in [2.45, 2.75) is 90.1 Å². The second-order valence-electron chi connectivity index (χ2n) is 9.11. The average Bonchev–Trinajstić information content (AvgIpc) is 2.96. The average molecular weight is 384 g/mol. The molecule has 1 rings (SSSR count). The summed E-state index contributed by atoms with van der Waals surface area (Å²) in [5.41, 5.74) is 0. The van der Waals surface area contributed by atoms with Crippen LogP contribution >= 0.6 is 0 Å². The second kappa shape index (κ2) is 13.1. The van der Waals surface area contributed by atoms with Gasteiger partial charge in [-0.2, -0.15) is 0 Å². The largest absolute Gasteiger partial charge is 0.454 e. The van der Waals surface area contributed by atoms with E-state index >= 15 is 0 Å². The number of likely N-dealkylation sites (tertiary alicyclic amines) is 1. The lowest BCUT2D eigenvalue weighted by molar-refractivity contribution is -0.873. The summed E-state index contributed by atoms with van der Waals surface area (Å²) in [7, 11) is 6.27. The predicted molar refractivity (Wildman–Crippen MR) is 110 cm³/mol. The Labute approximate surface area is 167 Å². The maximum atomic E-state index is 12.3. The minimum Gasteiger partial charge on any atom is -0.454 e. The number of rotatable bonds is 15. The first-order valence-corrected chi connectivity index (χ1v) is 11.1. The highest BCUT2D eigenvalue weighted by Gasteiger charge is 2.28. The van der Waals surface area contributed by atoms with Crippen LogP contribution in [0.15, 0.2) is 0 Å². The molecule has 1 aliphatic rings. The van der Waals surface area contributed by atoms with E-state index in [2.05, 4.69) is 28.1 Å². The highest BCUT2D eigenvalue weighted by atomic mass is 16.5. The van der Waals surface area contributed by atoms with E-state index in [0.717, 1.165) is 36.8 Å². The van der Waals surface area contributed by atoms with Gasteiger partial charge in [-0.15, -0.1) is 0 Å². The molecule has 1 unspecified atom stereocenters. The van der Waals surface area contributed by atoms with Gasteiger partial charge in [-0.05, 0) is 12.8 Å². The van der Waals surface area contributed by atoms with Crippen LogP contribution in [0.1, 0.15) is 84.0 Å². The summed E-state index contributed by atoms with van der Waals surface area (Å²) in [6, 6.07) is 0. The lowest BCUT2D eigenvalue weighted by Gasteiger charge is -2.31. The molecule has 0 N–H and O–H groups in total. The van der Waals surface area contributed by atoms with E-state index in [-0.39, 0.29) is 18.0 Å². The number of unbranched alkanes of at least 4 members (excludes halogenated alkanes) is 8. The lowest BCUT2D eigenvalue weighted by Crippen LogP contribution is -2.48. The Morgan fingerprint density at radius 2 is 1.63 bits per heavy atom. The molecule has 1 saturated heterocycles. The zero-order valence-electron chi connectivity index (χ0n) is 18.3. The van der Waals surface area contributed by atoms with Crippen molar-refractivity contribution in [1.29, 1.82) is 0 Å². The summed E-state index contributed by atoms with van der Waals surface area (Å²) >= 11 is 0. The molecule has 1 amide bonds. The Hall–Kier alpha value is -1.10. The minimum absolute atomic E-state index is 0.108. The molecule has 0 radical (unpaired) electrons. The minimum atomic E-state index is -0.210. The van der Waals surface area contributed by atoms with Gasteiger partial charge in [0.2, 0.25) is 5.91 Å². The van der Waals surface area contributed by atoms with Crippen molar-refractivity contribution in [2.75, 3.05) is 40.8 Å². The monoisotopic (exact) mass is 383 g/mol. The van der Waals surface area contributed by atoms with Crippen LogP contribution in [0.4, 0.5) is 0 Å². The van der Waals surface area contributed by atoms with Gasteiger partial charge < -0.3 is 14.1 Å². The van der Waals surface area contributed by atoms with Crippen molar-refractivity contribution in [3.8, 4) is 0 Å². The smallest absolute Gasteiger partial charge is 0.306 e. The van der Waals surface area contributed by atoms with Crippen molar-refractivity contribution < 1.29 is 18.8 Å². The van der Waals surface area contributed by atoms with Gasteiger partial charge in [-0.1, -0.05) is 58.3 Å². The number of hydrogen-bond acceptors (Lipinski definition) is 3. The van der Waals surface area contributed by atoms with Crippen LogP contribution in [0.25, 0.3) is 0 Å². The summed E-state index contributed by atoms with van der Waals surface area (Å²) in [5.74, 6) is 0.0828. The van der Waals surface area contributed by atoms with Gasteiger partial charge in [0.15, 0.2) is 6.10 Å².